The molecule has 4 amide bonds. The molecule has 0 saturated carbocycles. The number of ether oxygens (including phenoxy) is 2. The fourth-order valence-corrected chi connectivity index (χ4v) is 7.85. The van der Waals surface area contributed by atoms with Gasteiger partial charge in [0.15, 0.2) is 6.10 Å². The molecule has 3 fully saturated rings. The molecule has 2 aromatic rings. The molecule has 0 spiro atoms. The van der Waals surface area contributed by atoms with Crippen LogP contribution in [-0.4, -0.2) is 122 Å². The van der Waals surface area contributed by atoms with Crippen LogP contribution in [0.1, 0.15) is 49.4 Å². The molecule has 4 aliphatic rings. The summed E-state index contributed by atoms with van der Waals surface area (Å²) in [5.74, 6) is 0.692. The Kier molecular flexibility index (Phi) is 10.5. The lowest BCUT2D eigenvalue weighted by Gasteiger charge is -2.41. The summed E-state index contributed by atoms with van der Waals surface area (Å²) in [5, 5.41) is 6.49. The zero-order valence-electron chi connectivity index (χ0n) is 28.1. The Morgan fingerprint density at radius 3 is 2.26 bits per heavy atom. The van der Waals surface area contributed by atoms with Crippen LogP contribution in [0.2, 0.25) is 0 Å². The van der Waals surface area contributed by atoms with Crippen LogP contribution >= 0.6 is 0 Å². The van der Waals surface area contributed by atoms with Crippen molar-refractivity contribution in [3.8, 4) is 5.75 Å². The zero-order valence-corrected chi connectivity index (χ0v) is 28.1. The molecule has 6 rings (SSSR count). The molecule has 0 aliphatic carbocycles. The molecule has 0 aromatic heterocycles. The fraction of sp³-hybridized carbons (Fsp3) is 0.583. The number of hydrogen-bond acceptors (Lipinski definition) is 7. The Hall–Kier alpha value is -3.83. The number of hydrogen-bond donors (Lipinski definition) is 2. The molecule has 4 aliphatic heterocycles. The van der Waals surface area contributed by atoms with Crippen molar-refractivity contribution in [2.45, 2.75) is 70.6 Å². The number of methoxy groups -OCH3 is 1. The molecule has 11 nitrogen and oxygen atoms in total. The Morgan fingerprint density at radius 2 is 1.57 bits per heavy atom. The van der Waals surface area contributed by atoms with Gasteiger partial charge in [0, 0.05) is 71.4 Å². The highest BCUT2D eigenvalue weighted by atomic mass is 16.6. The molecule has 11 heteroatoms. The van der Waals surface area contributed by atoms with Gasteiger partial charge in [-0.1, -0.05) is 30.3 Å². The maximum atomic E-state index is 14.0. The number of aryl methyl sites for hydroxylation is 2. The number of amides is 4. The van der Waals surface area contributed by atoms with E-state index in [0.717, 1.165) is 79.1 Å². The standard InChI is InChI=1S/C36H50N6O5.H2/c1-25-22-27(23-26(2)33(25)46-3)24-32(34(43)40-20-18-39(19-21-40)29-8-13-37-14-9-29)47-36(45)41-15-11-30(12-16-41)42-17-10-28-6-4-5-7-31(28)38-35(42)44;/h4-7,22-23,29-30,32,37H,8-21,24H2,1-3H3,(H,38,44);1H/t32-;/m1./s1. The Labute approximate surface area is 280 Å². The topological polar surface area (TPSA) is 107 Å². The molecule has 2 aromatic carbocycles. The van der Waals surface area contributed by atoms with E-state index in [1.54, 1.807) is 12.0 Å². The summed E-state index contributed by atoms with van der Waals surface area (Å²) in [6.07, 6.45) is 3.29. The second kappa shape index (κ2) is 14.9. The van der Waals surface area contributed by atoms with Gasteiger partial charge in [-0.2, -0.15) is 0 Å². The van der Waals surface area contributed by atoms with E-state index in [4.69, 9.17) is 9.47 Å². The van der Waals surface area contributed by atoms with Crippen LogP contribution in [-0.2, 0) is 22.4 Å². The van der Waals surface area contributed by atoms with Crippen LogP contribution in [0.5, 0.6) is 5.75 Å². The first-order chi connectivity index (χ1) is 22.8. The van der Waals surface area contributed by atoms with Crippen molar-refractivity contribution in [1.82, 2.24) is 24.9 Å². The summed E-state index contributed by atoms with van der Waals surface area (Å²) in [5.41, 5.74) is 4.91. The molecule has 0 bridgehead atoms. The van der Waals surface area contributed by atoms with Crippen LogP contribution in [0, 0.1) is 13.8 Å². The highest BCUT2D eigenvalue weighted by Crippen LogP contribution is 2.27. The summed E-state index contributed by atoms with van der Waals surface area (Å²) in [6.45, 7) is 10.6. The van der Waals surface area contributed by atoms with E-state index in [2.05, 4.69) is 21.6 Å². The number of nitrogens with zero attached hydrogens (tertiary/aromatic N) is 4. The number of carbonyl (C=O) groups excluding carboxylic acids is 3. The minimum atomic E-state index is -0.923. The Balaban J connectivity index is 0.00000451. The molecule has 2 N–H and O–H groups in total. The lowest BCUT2D eigenvalue weighted by Crippen LogP contribution is -2.56. The van der Waals surface area contributed by atoms with Crippen molar-refractivity contribution >= 4 is 23.7 Å². The summed E-state index contributed by atoms with van der Waals surface area (Å²) >= 11 is 0. The molecule has 256 valence electrons. The van der Waals surface area contributed by atoms with Gasteiger partial charge in [0.05, 0.1) is 7.11 Å². The molecule has 3 saturated heterocycles. The first kappa shape index (κ1) is 33.1. The number of likely N-dealkylation sites (tertiary alicyclic amines) is 1. The van der Waals surface area contributed by atoms with Crippen molar-refractivity contribution in [3.63, 3.8) is 0 Å². The van der Waals surface area contributed by atoms with Gasteiger partial charge >= 0.3 is 12.1 Å². The van der Waals surface area contributed by atoms with Crippen LogP contribution in [0.4, 0.5) is 15.3 Å². The van der Waals surface area contributed by atoms with E-state index in [-0.39, 0.29) is 19.4 Å². The van der Waals surface area contributed by atoms with E-state index < -0.39 is 12.2 Å². The van der Waals surface area contributed by atoms with E-state index in [1.807, 2.05) is 54.0 Å². The van der Waals surface area contributed by atoms with Crippen LogP contribution in [0.3, 0.4) is 0 Å². The molecular weight excluding hydrogens is 596 g/mol. The third-order valence-electron chi connectivity index (χ3n) is 10.4. The fourth-order valence-electron chi connectivity index (χ4n) is 7.85. The third-order valence-corrected chi connectivity index (χ3v) is 10.4. The van der Waals surface area contributed by atoms with Gasteiger partial charge in [0.25, 0.3) is 5.91 Å². The van der Waals surface area contributed by atoms with Gasteiger partial charge in [0.2, 0.25) is 0 Å². The lowest BCUT2D eigenvalue weighted by molar-refractivity contribution is -0.143. The van der Waals surface area contributed by atoms with Crippen molar-refractivity contribution in [2.24, 2.45) is 0 Å². The number of anilines is 1. The van der Waals surface area contributed by atoms with Gasteiger partial charge in [-0.15, -0.1) is 0 Å². The summed E-state index contributed by atoms with van der Waals surface area (Å²) < 4.78 is 11.7. The normalized spacial score (nSPS) is 20.7. The van der Waals surface area contributed by atoms with Crippen LogP contribution < -0.4 is 15.4 Å². The van der Waals surface area contributed by atoms with Crippen LogP contribution in [0.25, 0.3) is 0 Å². The largest absolute Gasteiger partial charge is 0.496 e. The van der Waals surface area contributed by atoms with Crippen LogP contribution in [0.15, 0.2) is 36.4 Å². The Morgan fingerprint density at radius 1 is 0.894 bits per heavy atom. The smallest absolute Gasteiger partial charge is 0.410 e. The van der Waals surface area contributed by atoms with Gasteiger partial charge in [-0.25, -0.2) is 9.59 Å². The van der Waals surface area contributed by atoms with Gasteiger partial charge in [0.1, 0.15) is 5.75 Å². The van der Waals surface area contributed by atoms with Crippen molar-refractivity contribution < 1.29 is 25.3 Å². The molecule has 1 atom stereocenters. The van der Waals surface area contributed by atoms with E-state index >= 15 is 0 Å². The number of urea groups is 1. The zero-order chi connectivity index (χ0) is 32.9. The molecular formula is C36H52N6O5. The maximum Gasteiger partial charge on any atom is 0.410 e. The van der Waals surface area contributed by atoms with Crippen molar-refractivity contribution in [3.05, 3.63) is 58.7 Å². The number of para-hydroxylation sites is 1. The number of fused-ring (bicyclic) bond motifs is 1. The average Bonchev–Trinajstić information content (AvgIpc) is 3.26. The second-order valence-electron chi connectivity index (χ2n) is 13.4. The summed E-state index contributed by atoms with van der Waals surface area (Å²) in [4.78, 5) is 48.8. The van der Waals surface area contributed by atoms with Crippen molar-refractivity contribution in [1.29, 1.82) is 0 Å². The minimum absolute atomic E-state index is 0. The predicted octanol–water partition coefficient (Wildman–Crippen LogP) is 4.06. The van der Waals surface area contributed by atoms with Gasteiger partial charge in [-0.05, 0) is 87.4 Å². The van der Waals surface area contributed by atoms with E-state index in [1.165, 1.54) is 0 Å². The number of benzene rings is 2. The average molecular weight is 649 g/mol. The van der Waals surface area contributed by atoms with E-state index in [9.17, 15) is 14.4 Å². The molecule has 0 unspecified atom stereocenters. The second-order valence-corrected chi connectivity index (χ2v) is 13.4. The predicted molar refractivity (Wildman–Crippen MR) is 183 cm³/mol. The number of rotatable bonds is 7. The quantitative estimate of drug-likeness (QED) is 0.467. The first-order valence-electron chi connectivity index (χ1n) is 17.3. The highest BCUT2D eigenvalue weighted by Gasteiger charge is 2.36. The molecule has 47 heavy (non-hydrogen) atoms. The number of piperazine rings is 1. The van der Waals surface area contributed by atoms with Gasteiger partial charge < -0.3 is 34.8 Å². The summed E-state index contributed by atoms with van der Waals surface area (Å²) in [6, 6.07) is 12.5. The minimum Gasteiger partial charge on any atom is -0.496 e. The monoisotopic (exact) mass is 648 g/mol. The lowest BCUT2D eigenvalue weighted by atomic mass is 10.00. The van der Waals surface area contributed by atoms with Gasteiger partial charge in [-0.3, -0.25) is 9.69 Å². The highest BCUT2D eigenvalue weighted by molar-refractivity contribution is 5.91. The van der Waals surface area contributed by atoms with E-state index in [0.29, 0.717) is 58.0 Å². The first-order valence-corrected chi connectivity index (χ1v) is 17.3. The SMILES string of the molecule is COc1c(C)cc(C[C@@H](OC(=O)N2CCC(N3CCc4ccccc4NC3=O)CC2)C(=O)N2CCN(C3CCNCC3)CC2)cc1C.[HH]. The van der Waals surface area contributed by atoms with Crippen molar-refractivity contribution in [2.75, 3.05) is 71.3 Å². The Bertz CT molecular complexity index is 1410. The number of piperidine rings is 2. The molecule has 4 heterocycles. The third kappa shape index (κ3) is 7.67. The molecule has 0 radical (unpaired) electrons. The number of carbonyl (C=O) groups is 3. The number of nitrogens with one attached hydrogen (secondary N) is 2. The maximum absolute atomic E-state index is 14.0. The summed E-state index contributed by atoms with van der Waals surface area (Å²) in [7, 11) is 1.66.